The molecule has 0 unspecified atom stereocenters. The molecule has 2 N–H and O–H groups in total. The molecule has 1 aliphatic rings. The Morgan fingerprint density at radius 3 is 2.50 bits per heavy atom. The summed E-state index contributed by atoms with van der Waals surface area (Å²) in [6.07, 6.45) is 0. The zero-order valence-corrected chi connectivity index (χ0v) is 12.4. The highest BCUT2D eigenvalue weighted by molar-refractivity contribution is 5.74. The minimum atomic E-state index is -0.156. The van der Waals surface area contributed by atoms with Crippen molar-refractivity contribution in [3.8, 4) is 11.5 Å². The number of ether oxygens (including phenoxy) is 2. The van der Waals surface area contributed by atoms with Crippen molar-refractivity contribution in [2.45, 2.75) is 39.8 Å². The second-order valence-corrected chi connectivity index (χ2v) is 5.48. The molecule has 0 radical (unpaired) electrons. The van der Waals surface area contributed by atoms with Gasteiger partial charge in [-0.25, -0.2) is 4.79 Å². The van der Waals surface area contributed by atoms with E-state index < -0.39 is 0 Å². The van der Waals surface area contributed by atoms with E-state index in [9.17, 15) is 4.79 Å². The summed E-state index contributed by atoms with van der Waals surface area (Å²) in [6.45, 7) is 8.35. The first-order valence-electron chi connectivity index (χ1n) is 6.94. The molecular weight excluding hydrogens is 256 g/mol. The minimum absolute atomic E-state index is 0.0936. The molecule has 0 aliphatic carbocycles. The van der Waals surface area contributed by atoms with Crippen LogP contribution in [0.5, 0.6) is 11.5 Å². The summed E-state index contributed by atoms with van der Waals surface area (Å²) in [6, 6.07) is 5.59. The Balaban J connectivity index is 1.94. The molecule has 1 heterocycles. The molecule has 2 rings (SSSR count). The van der Waals surface area contributed by atoms with Crippen LogP contribution >= 0.6 is 0 Å². The van der Waals surface area contributed by atoms with E-state index in [2.05, 4.69) is 24.5 Å². The Hall–Kier alpha value is -1.91. The Bertz CT molecular complexity index is 488. The van der Waals surface area contributed by atoms with Crippen LogP contribution < -0.4 is 20.1 Å². The predicted octanol–water partition coefficient (Wildman–Crippen LogP) is 2.82. The average molecular weight is 278 g/mol. The van der Waals surface area contributed by atoms with Gasteiger partial charge in [0.1, 0.15) is 0 Å². The van der Waals surface area contributed by atoms with Crippen LogP contribution in [0, 0.1) is 5.92 Å². The van der Waals surface area contributed by atoms with Crippen molar-refractivity contribution in [2.75, 3.05) is 6.79 Å². The van der Waals surface area contributed by atoms with Crippen molar-refractivity contribution in [1.82, 2.24) is 10.6 Å². The van der Waals surface area contributed by atoms with Crippen LogP contribution in [-0.4, -0.2) is 18.9 Å². The third kappa shape index (κ3) is 3.35. The van der Waals surface area contributed by atoms with Gasteiger partial charge < -0.3 is 20.1 Å². The van der Waals surface area contributed by atoms with Crippen LogP contribution in [0.15, 0.2) is 18.2 Å². The molecule has 110 valence electrons. The summed E-state index contributed by atoms with van der Waals surface area (Å²) in [5.74, 6) is 1.88. The smallest absolute Gasteiger partial charge is 0.315 e. The second kappa shape index (κ2) is 6.03. The normalized spacial score (nSPS) is 15.8. The Morgan fingerprint density at radius 2 is 1.80 bits per heavy atom. The first kappa shape index (κ1) is 14.5. The van der Waals surface area contributed by atoms with Crippen LogP contribution in [-0.2, 0) is 0 Å². The van der Waals surface area contributed by atoms with E-state index >= 15 is 0 Å². The summed E-state index contributed by atoms with van der Waals surface area (Å²) in [5, 5.41) is 5.85. The molecule has 1 aromatic rings. The molecular formula is C15H22N2O3. The average Bonchev–Trinajstić information content (AvgIpc) is 2.85. The highest BCUT2D eigenvalue weighted by Gasteiger charge is 2.17. The standard InChI is InChI=1S/C15H22N2O3/c1-9(2)10(3)16-15(18)17-11(4)12-5-6-13-14(7-12)20-8-19-13/h5-7,9-11H,8H2,1-4H3,(H2,16,17,18)/t10-,11+/m1/s1. The third-order valence-corrected chi connectivity index (χ3v) is 3.60. The van der Waals surface area contributed by atoms with E-state index in [4.69, 9.17) is 9.47 Å². The Morgan fingerprint density at radius 1 is 1.10 bits per heavy atom. The van der Waals surface area contributed by atoms with E-state index in [0.29, 0.717) is 5.92 Å². The summed E-state index contributed by atoms with van der Waals surface area (Å²) in [5.41, 5.74) is 0.988. The number of carbonyl (C=O) groups excluding carboxylic acids is 1. The first-order valence-corrected chi connectivity index (χ1v) is 6.94. The van der Waals surface area contributed by atoms with Crippen LogP contribution in [0.4, 0.5) is 4.79 Å². The lowest BCUT2D eigenvalue weighted by Gasteiger charge is -2.20. The molecule has 1 aliphatic heterocycles. The van der Waals surface area contributed by atoms with Crippen LogP contribution in [0.2, 0.25) is 0 Å². The number of hydrogen-bond donors (Lipinski definition) is 2. The van der Waals surface area contributed by atoms with Crippen molar-refractivity contribution in [2.24, 2.45) is 5.92 Å². The van der Waals surface area contributed by atoms with Crippen LogP contribution in [0.1, 0.15) is 39.3 Å². The van der Waals surface area contributed by atoms with Gasteiger partial charge in [0.2, 0.25) is 6.79 Å². The van der Waals surface area contributed by atoms with Crippen molar-refractivity contribution in [3.63, 3.8) is 0 Å². The SMILES string of the molecule is CC(C)[C@@H](C)NC(=O)N[C@@H](C)c1ccc2c(c1)OCO2. The number of nitrogens with one attached hydrogen (secondary N) is 2. The zero-order valence-electron chi connectivity index (χ0n) is 12.4. The number of carbonyl (C=O) groups is 1. The monoisotopic (exact) mass is 278 g/mol. The van der Waals surface area contributed by atoms with Gasteiger partial charge in [0, 0.05) is 6.04 Å². The molecule has 5 nitrogen and oxygen atoms in total. The summed E-state index contributed by atoms with van der Waals surface area (Å²) in [4.78, 5) is 11.9. The zero-order chi connectivity index (χ0) is 14.7. The lowest BCUT2D eigenvalue weighted by atomic mass is 10.1. The summed E-state index contributed by atoms with van der Waals surface area (Å²) >= 11 is 0. The van der Waals surface area contributed by atoms with Gasteiger partial charge in [-0.15, -0.1) is 0 Å². The van der Waals surface area contributed by atoms with Gasteiger partial charge in [-0.2, -0.15) is 0 Å². The van der Waals surface area contributed by atoms with E-state index in [0.717, 1.165) is 17.1 Å². The molecule has 5 heteroatoms. The first-order chi connectivity index (χ1) is 9.47. The van der Waals surface area contributed by atoms with Crippen molar-refractivity contribution in [3.05, 3.63) is 23.8 Å². The van der Waals surface area contributed by atoms with E-state index in [1.807, 2.05) is 32.0 Å². The second-order valence-electron chi connectivity index (χ2n) is 5.48. The van der Waals surface area contributed by atoms with E-state index in [-0.39, 0.29) is 24.9 Å². The predicted molar refractivity (Wildman–Crippen MR) is 76.9 cm³/mol. The number of amides is 2. The number of rotatable bonds is 4. The van der Waals surface area contributed by atoms with Crippen LogP contribution in [0.3, 0.4) is 0 Å². The number of benzene rings is 1. The molecule has 2 atom stereocenters. The topological polar surface area (TPSA) is 59.6 Å². The molecule has 0 aromatic heterocycles. The van der Waals surface area contributed by atoms with Gasteiger partial charge in [-0.05, 0) is 37.5 Å². The molecule has 1 aromatic carbocycles. The van der Waals surface area contributed by atoms with Crippen molar-refractivity contribution >= 4 is 6.03 Å². The fourth-order valence-electron chi connectivity index (χ4n) is 1.88. The van der Waals surface area contributed by atoms with Gasteiger partial charge in [-0.3, -0.25) is 0 Å². The Labute approximate surface area is 119 Å². The van der Waals surface area contributed by atoms with Gasteiger partial charge >= 0.3 is 6.03 Å². The highest BCUT2D eigenvalue weighted by Crippen LogP contribution is 2.34. The number of hydrogen-bond acceptors (Lipinski definition) is 3. The molecule has 0 spiro atoms. The maximum atomic E-state index is 11.9. The lowest BCUT2D eigenvalue weighted by Crippen LogP contribution is -2.43. The van der Waals surface area contributed by atoms with Crippen molar-refractivity contribution in [1.29, 1.82) is 0 Å². The summed E-state index contributed by atoms with van der Waals surface area (Å²) < 4.78 is 10.6. The van der Waals surface area contributed by atoms with Crippen LogP contribution in [0.25, 0.3) is 0 Å². The fraction of sp³-hybridized carbons (Fsp3) is 0.533. The molecule has 0 fully saturated rings. The highest BCUT2D eigenvalue weighted by atomic mass is 16.7. The quantitative estimate of drug-likeness (QED) is 0.890. The van der Waals surface area contributed by atoms with Crippen molar-refractivity contribution < 1.29 is 14.3 Å². The molecule has 0 bridgehead atoms. The number of urea groups is 1. The van der Waals surface area contributed by atoms with Gasteiger partial charge in [-0.1, -0.05) is 19.9 Å². The maximum Gasteiger partial charge on any atom is 0.315 e. The largest absolute Gasteiger partial charge is 0.454 e. The van der Waals surface area contributed by atoms with E-state index in [1.165, 1.54) is 0 Å². The van der Waals surface area contributed by atoms with E-state index in [1.54, 1.807) is 0 Å². The fourth-order valence-corrected chi connectivity index (χ4v) is 1.88. The molecule has 20 heavy (non-hydrogen) atoms. The third-order valence-electron chi connectivity index (χ3n) is 3.60. The van der Waals surface area contributed by atoms with Gasteiger partial charge in [0.25, 0.3) is 0 Å². The number of fused-ring (bicyclic) bond motifs is 1. The van der Waals surface area contributed by atoms with Gasteiger partial charge in [0.05, 0.1) is 6.04 Å². The minimum Gasteiger partial charge on any atom is -0.454 e. The van der Waals surface area contributed by atoms with Gasteiger partial charge in [0.15, 0.2) is 11.5 Å². The maximum absolute atomic E-state index is 11.9. The Kier molecular flexibility index (Phi) is 4.37. The molecule has 0 saturated carbocycles. The summed E-state index contributed by atoms with van der Waals surface area (Å²) in [7, 11) is 0. The molecule has 2 amide bonds. The molecule has 0 saturated heterocycles. The lowest BCUT2D eigenvalue weighted by molar-refractivity contribution is 0.174.